The summed E-state index contributed by atoms with van der Waals surface area (Å²) in [4.78, 5) is 6.86. The summed E-state index contributed by atoms with van der Waals surface area (Å²) in [5.74, 6) is 4.04. The Kier molecular flexibility index (Phi) is 8.91. The van der Waals surface area contributed by atoms with Crippen molar-refractivity contribution in [3.05, 3.63) is 168 Å². The van der Waals surface area contributed by atoms with Gasteiger partial charge < -0.3 is 24.8 Å². The van der Waals surface area contributed by atoms with Crippen molar-refractivity contribution in [2.75, 3.05) is 20.2 Å². The van der Waals surface area contributed by atoms with Crippen molar-refractivity contribution in [3.8, 4) is 28.7 Å². The van der Waals surface area contributed by atoms with E-state index in [2.05, 4.69) is 34.7 Å². The minimum Gasteiger partial charge on any atom is -0.508 e. The van der Waals surface area contributed by atoms with Crippen LogP contribution in [0, 0.1) is 11.8 Å². The van der Waals surface area contributed by atoms with Crippen molar-refractivity contribution >= 4 is 10.9 Å². The summed E-state index contributed by atoms with van der Waals surface area (Å²) in [6.45, 7) is 6.07. The number of aliphatic hydroxyl groups is 1. The maximum atomic E-state index is 11.2. The molecule has 3 fully saturated rings. The molecule has 0 radical (unpaired) electrons. The Bertz CT molecular complexity index is 2120. The molecule has 0 amide bonds. The molecule has 5 atom stereocenters. The van der Waals surface area contributed by atoms with Gasteiger partial charge in [-0.3, -0.25) is 9.88 Å². The molecule has 4 aliphatic heterocycles. The minimum atomic E-state index is -0.632. The number of methoxy groups -OCH3 is 1. The molecule has 1 unspecified atom stereocenters. The van der Waals surface area contributed by atoms with Crippen LogP contribution in [0.5, 0.6) is 28.7 Å². The molecule has 5 aromatic carbocycles. The number of pyridine rings is 1. The number of aromatic hydroxyl groups is 2. The number of nitrogens with zero attached hydrogens (tertiary/aromatic N) is 2. The van der Waals surface area contributed by atoms with Crippen LogP contribution in [-0.2, 0) is 5.41 Å². The first-order valence-electron chi connectivity index (χ1n) is 17.8. The number of ether oxygens (including phenoxy) is 2. The molecule has 7 heteroatoms. The third kappa shape index (κ3) is 5.76. The molecule has 4 aliphatic rings. The first-order valence-corrected chi connectivity index (χ1v) is 17.8. The number of aliphatic hydroxyl groups excluding tert-OH is 1. The van der Waals surface area contributed by atoms with Crippen molar-refractivity contribution in [1.29, 1.82) is 0 Å². The normalized spacial score (nSPS) is 21.4. The van der Waals surface area contributed by atoms with Crippen LogP contribution in [0.25, 0.3) is 10.9 Å². The largest absolute Gasteiger partial charge is 0.508 e. The van der Waals surface area contributed by atoms with Gasteiger partial charge in [-0.05, 0) is 109 Å². The summed E-state index contributed by atoms with van der Waals surface area (Å²) in [6.07, 6.45) is 5.62. The molecular formula is C45H42N2O5. The average Bonchev–Trinajstić information content (AvgIpc) is 3.20. The Balaban J connectivity index is 0.000000151. The van der Waals surface area contributed by atoms with Crippen molar-refractivity contribution in [2.45, 2.75) is 30.4 Å². The maximum Gasteiger partial charge on any atom is 0.132 e. The highest BCUT2D eigenvalue weighted by molar-refractivity contribution is 5.84. The molecule has 7 nitrogen and oxygen atoms in total. The van der Waals surface area contributed by atoms with E-state index in [1.807, 2.05) is 84.9 Å². The molecule has 1 aromatic heterocycles. The second-order valence-corrected chi connectivity index (χ2v) is 13.9. The Hall–Kier alpha value is -5.63. The van der Waals surface area contributed by atoms with Crippen LogP contribution in [0.2, 0.25) is 0 Å². The third-order valence-corrected chi connectivity index (χ3v) is 11.2. The standard InChI is InChI=1S/C25H18O3.C20H24N2O2/c26-19-13-9-17(10-14-19)25(18-11-15-20(27)16-12-18)21-5-1-3-7-23(21)28-24-8-4-2-6-22(24)25;1-3-13-12-22-9-7-14(13)10-19(22)20(23)16-6-8-21-18-5-4-15(24-2)11-17(16)18/h1-16,26-27H;3-6,8,11,13-14,19-20,23H,1,7,9-10,12H2,2H3/t;13-,14-,19-,20+/m.0/s1. The van der Waals surface area contributed by atoms with Crippen molar-refractivity contribution < 1.29 is 24.8 Å². The molecule has 5 heterocycles. The van der Waals surface area contributed by atoms with Gasteiger partial charge in [0.15, 0.2) is 0 Å². The number of rotatable bonds is 6. The molecular weight excluding hydrogens is 649 g/mol. The highest BCUT2D eigenvalue weighted by Crippen LogP contribution is 2.55. The van der Waals surface area contributed by atoms with Gasteiger partial charge >= 0.3 is 0 Å². The topological polar surface area (TPSA) is 95.3 Å². The Morgan fingerprint density at radius 2 is 1.46 bits per heavy atom. The average molecular weight is 691 g/mol. The van der Waals surface area contributed by atoms with Crippen LogP contribution in [-0.4, -0.2) is 51.4 Å². The fraction of sp³-hybridized carbons (Fsp3) is 0.222. The molecule has 10 rings (SSSR count). The zero-order chi connectivity index (χ0) is 35.8. The van der Waals surface area contributed by atoms with E-state index >= 15 is 0 Å². The van der Waals surface area contributed by atoms with Gasteiger partial charge in [-0.1, -0.05) is 66.7 Å². The first kappa shape index (κ1) is 33.5. The molecule has 0 spiro atoms. The summed E-state index contributed by atoms with van der Waals surface area (Å²) >= 11 is 0. The Morgan fingerprint density at radius 1 is 0.846 bits per heavy atom. The lowest BCUT2D eigenvalue weighted by atomic mass is 9.63. The van der Waals surface area contributed by atoms with Crippen LogP contribution in [0.15, 0.2) is 140 Å². The summed E-state index contributed by atoms with van der Waals surface area (Å²) in [5.41, 5.74) is 5.28. The Morgan fingerprint density at radius 3 is 2.02 bits per heavy atom. The predicted molar refractivity (Wildman–Crippen MR) is 203 cm³/mol. The van der Waals surface area contributed by atoms with Crippen LogP contribution in [0.1, 0.15) is 46.8 Å². The summed E-state index contributed by atoms with van der Waals surface area (Å²) in [7, 11) is 1.66. The second kappa shape index (κ2) is 13.8. The zero-order valence-corrected chi connectivity index (χ0v) is 29.1. The number of hydrogen-bond acceptors (Lipinski definition) is 7. The second-order valence-electron chi connectivity index (χ2n) is 13.9. The number of phenols is 2. The van der Waals surface area contributed by atoms with Gasteiger partial charge in [0.05, 0.1) is 24.1 Å². The fourth-order valence-electron chi connectivity index (χ4n) is 8.65. The number of para-hydroxylation sites is 2. The molecule has 52 heavy (non-hydrogen) atoms. The number of piperidine rings is 3. The van der Waals surface area contributed by atoms with E-state index in [9.17, 15) is 15.3 Å². The van der Waals surface area contributed by atoms with Crippen molar-refractivity contribution in [3.63, 3.8) is 0 Å². The van der Waals surface area contributed by atoms with Gasteiger partial charge in [-0.25, -0.2) is 0 Å². The van der Waals surface area contributed by atoms with Gasteiger partial charge in [-0.15, -0.1) is 6.58 Å². The summed E-state index contributed by atoms with van der Waals surface area (Å²) < 4.78 is 11.6. The lowest BCUT2D eigenvalue weighted by Crippen LogP contribution is -2.54. The van der Waals surface area contributed by atoms with Gasteiger partial charge in [0, 0.05) is 35.3 Å². The smallest absolute Gasteiger partial charge is 0.132 e. The fourth-order valence-corrected chi connectivity index (χ4v) is 8.65. The number of fused-ring (bicyclic) bond motifs is 6. The van der Waals surface area contributed by atoms with E-state index in [0.29, 0.717) is 11.8 Å². The SMILES string of the molecule is C=C[C@H]1CN2CC[C@H]1C[C@H]2[C@H](O)c1ccnc2ccc(OC)cc12.Oc1ccc(C2(c3ccc(O)cc3)c3ccccc3Oc3ccccc32)cc1. The molecule has 3 saturated heterocycles. The zero-order valence-electron chi connectivity index (χ0n) is 29.1. The Labute approximate surface area is 304 Å². The lowest BCUT2D eigenvalue weighted by molar-refractivity contribution is -0.0444. The molecule has 3 N–H and O–H groups in total. The van der Waals surface area contributed by atoms with E-state index in [0.717, 1.165) is 75.5 Å². The van der Waals surface area contributed by atoms with E-state index in [1.54, 1.807) is 37.6 Å². The molecule has 6 aromatic rings. The summed E-state index contributed by atoms with van der Waals surface area (Å²) in [6, 6.07) is 38.6. The van der Waals surface area contributed by atoms with Crippen molar-refractivity contribution in [2.24, 2.45) is 11.8 Å². The van der Waals surface area contributed by atoms with Crippen LogP contribution < -0.4 is 9.47 Å². The van der Waals surface area contributed by atoms with E-state index < -0.39 is 11.5 Å². The lowest BCUT2D eigenvalue weighted by Gasteiger charge is -2.50. The molecule has 262 valence electrons. The number of benzene rings is 5. The quantitative estimate of drug-likeness (QED) is 0.150. The number of phenolic OH excluding ortho intramolecular Hbond substituents is 2. The maximum absolute atomic E-state index is 11.2. The highest BCUT2D eigenvalue weighted by Gasteiger charge is 2.45. The van der Waals surface area contributed by atoms with Gasteiger partial charge in [0.25, 0.3) is 0 Å². The number of aromatic nitrogens is 1. The third-order valence-electron chi connectivity index (χ3n) is 11.2. The monoisotopic (exact) mass is 690 g/mol. The minimum absolute atomic E-state index is 0.178. The highest BCUT2D eigenvalue weighted by atomic mass is 16.5. The molecule has 2 bridgehead atoms. The van der Waals surface area contributed by atoms with Crippen LogP contribution >= 0.6 is 0 Å². The first-order chi connectivity index (χ1) is 25.4. The molecule has 0 aliphatic carbocycles. The van der Waals surface area contributed by atoms with Crippen molar-refractivity contribution in [1.82, 2.24) is 9.88 Å². The predicted octanol–water partition coefficient (Wildman–Crippen LogP) is 8.76. The summed E-state index contributed by atoms with van der Waals surface area (Å²) in [5, 5.41) is 31.9. The van der Waals surface area contributed by atoms with Crippen LogP contribution in [0.3, 0.4) is 0 Å². The van der Waals surface area contributed by atoms with E-state index in [4.69, 9.17) is 9.47 Å². The van der Waals surface area contributed by atoms with Gasteiger partial charge in [-0.2, -0.15) is 0 Å². The van der Waals surface area contributed by atoms with E-state index in [1.165, 1.54) is 6.42 Å². The van der Waals surface area contributed by atoms with E-state index in [-0.39, 0.29) is 17.5 Å². The molecule has 0 saturated carbocycles. The van der Waals surface area contributed by atoms with Gasteiger partial charge in [0.1, 0.15) is 28.7 Å². The van der Waals surface area contributed by atoms with Gasteiger partial charge in [0.2, 0.25) is 0 Å². The number of hydrogen-bond donors (Lipinski definition) is 3. The van der Waals surface area contributed by atoms with Crippen LogP contribution in [0.4, 0.5) is 0 Å².